The van der Waals surface area contributed by atoms with Crippen LogP contribution in [-0.2, 0) is 28.4 Å². The summed E-state index contributed by atoms with van der Waals surface area (Å²) in [5.74, 6) is 0.755. The second-order valence-corrected chi connectivity index (χ2v) is 29.9. The molecule has 594 valence electrons. The molecule has 12 N–H and O–H groups in total. The molecule has 9 aliphatic heterocycles. The fourth-order valence-corrected chi connectivity index (χ4v) is 16.2. The third kappa shape index (κ3) is 19.2. The van der Waals surface area contributed by atoms with Gasteiger partial charge in [0, 0.05) is 79.5 Å². The van der Waals surface area contributed by atoms with Crippen LogP contribution in [0, 0.1) is 37.9 Å². The molecule has 0 spiro atoms. The van der Waals surface area contributed by atoms with Crippen molar-refractivity contribution in [1.29, 1.82) is 5.26 Å². The summed E-state index contributed by atoms with van der Waals surface area (Å²) in [6.45, 7) is 16.9. The van der Waals surface area contributed by atoms with Crippen LogP contribution in [-0.4, -0.2) is 227 Å². The van der Waals surface area contributed by atoms with Crippen molar-refractivity contribution in [3.63, 3.8) is 0 Å². The number of nitrogens with zero attached hydrogens (tertiary/aromatic N) is 5. The molecule has 7 aromatic rings. The number of aromatic nitrogens is 1. The predicted molar refractivity (Wildman–Crippen MR) is 416 cm³/mol. The summed E-state index contributed by atoms with van der Waals surface area (Å²) in [5, 5.41) is 126. The number of rotatable bonds is 14. The molecule has 25 nitrogen and oxygen atoms in total. The highest BCUT2D eigenvalue weighted by Crippen LogP contribution is 2.44. The molecule has 0 saturated carbocycles. The number of aliphatic hydroxyl groups is 12. The van der Waals surface area contributed by atoms with Crippen molar-refractivity contribution in [2.45, 2.75) is 170 Å². The van der Waals surface area contributed by atoms with E-state index in [1.54, 1.807) is 48.0 Å². The molecule has 16 rings (SSSR count). The SMILES string of the molecule is C=C1c2ccc(C)cc2C=CN1[C@H]1CC(O)[C@@H](CO)O1.C=C1c2sccc2C=CN1[C@H]1CC(O)[C@@H](CO)O1.C=C1c2scnc2C=CN1[C@H]1CC(O)[C@@H](CO)O1.COc1cc(C#N)ccc1[C@H]1CC(O)[C@@H](CO)O1.COc1cc(C)c(F)cc1[C@H]1CC(O)[C@@H](CO)O1.Cc1cc2ccccc2cc1[C@H]1CC(O)[C@@H](CO)O1. The maximum Gasteiger partial charge on any atom is 0.137 e. The van der Waals surface area contributed by atoms with Crippen LogP contribution in [0.15, 0.2) is 140 Å². The van der Waals surface area contributed by atoms with Crippen molar-refractivity contribution in [3.05, 3.63) is 217 Å². The number of aliphatic hydroxyl groups excluding tert-OH is 12. The van der Waals surface area contributed by atoms with E-state index in [4.69, 9.17) is 73.8 Å². The minimum absolute atomic E-state index is 0.128. The van der Waals surface area contributed by atoms with Gasteiger partial charge in [-0.25, -0.2) is 9.37 Å². The van der Waals surface area contributed by atoms with Gasteiger partial charge >= 0.3 is 0 Å². The Kier molecular flexibility index (Phi) is 28.8. The summed E-state index contributed by atoms with van der Waals surface area (Å²) in [5.41, 5.74) is 14.5. The monoisotopic (exact) mass is 1570 g/mol. The highest BCUT2D eigenvalue weighted by molar-refractivity contribution is 7.11. The first-order valence-corrected chi connectivity index (χ1v) is 38.4. The zero-order chi connectivity index (χ0) is 79.5. The predicted octanol–water partition coefficient (Wildman–Crippen LogP) is 8.47. The Labute approximate surface area is 652 Å². The van der Waals surface area contributed by atoms with E-state index in [0.717, 1.165) is 60.4 Å². The normalized spacial score (nSPS) is 28.7. The highest BCUT2D eigenvalue weighted by atomic mass is 32.1. The zero-order valence-electron chi connectivity index (χ0n) is 62.3. The number of ether oxygens (including phenoxy) is 8. The number of hydrogen-bond donors (Lipinski definition) is 12. The van der Waals surface area contributed by atoms with Crippen molar-refractivity contribution >= 4 is 68.8 Å². The molecule has 0 amide bonds. The smallest absolute Gasteiger partial charge is 0.137 e. The van der Waals surface area contributed by atoms with Gasteiger partial charge in [0.15, 0.2) is 0 Å². The van der Waals surface area contributed by atoms with Gasteiger partial charge in [0.05, 0.1) is 153 Å². The van der Waals surface area contributed by atoms with Crippen molar-refractivity contribution in [1.82, 2.24) is 19.7 Å². The molecule has 6 fully saturated rings. The molecule has 2 aromatic heterocycles. The van der Waals surface area contributed by atoms with E-state index >= 15 is 0 Å². The minimum atomic E-state index is -0.742. The Balaban J connectivity index is 0.000000132. The molecule has 0 bridgehead atoms. The first kappa shape index (κ1) is 83.8. The lowest BCUT2D eigenvalue weighted by atomic mass is 9.96. The van der Waals surface area contributed by atoms with Gasteiger partial charge in [-0.15, -0.1) is 22.7 Å². The number of methoxy groups -OCH3 is 2. The van der Waals surface area contributed by atoms with Gasteiger partial charge in [-0.05, 0) is 119 Å². The second-order valence-electron chi connectivity index (χ2n) is 28.1. The molecule has 0 aliphatic carbocycles. The van der Waals surface area contributed by atoms with Crippen molar-refractivity contribution in [2.24, 2.45) is 0 Å². The van der Waals surface area contributed by atoms with E-state index < -0.39 is 79.4 Å². The molecular weight excluding hydrogens is 1470 g/mol. The molecule has 11 heterocycles. The topological polar surface area (TPSA) is 363 Å². The van der Waals surface area contributed by atoms with Gasteiger partial charge in [0.25, 0.3) is 0 Å². The molecule has 6 saturated heterocycles. The number of nitriles is 1. The molecule has 6 unspecified atom stereocenters. The minimum Gasteiger partial charge on any atom is -0.496 e. The Morgan fingerprint density at radius 2 is 0.946 bits per heavy atom. The van der Waals surface area contributed by atoms with Crippen LogP contribution in [0.1, 0.15) is 128 Å². The molecular formula is C83H98FN5O20S2. The maximum absolute atomic E-state index is 13.6. The summed E-state index contributed by atoms with van der Waals surface area (Å²) < 4.78 is 57.8. The van der Waals surface area contributed by atoms with E-state index in [1.165, 1.54) is 53.5 Å². The number of fused-ring (bicyclic) bond motifs is 4. The summed E-state index contributed by atoms with van der Waals surface area (Å²) in [6.07, 6.45) is 5.58. The van der Waals surface area contributed by atoms with Gasteiger partial charge < -0.3 is 114 Å². The Morgan fingerprint density at radius 1 is 0.486 bits per heavy atom. The van der Waals surface area contributed by atoms with Crippen LogP contribution < -0.4 is 9.47 Å². The lowest BCUT2D eigenvalue weighted by Gasteiger charge is -2.32. The highest BCUT2D eigenvalue weighted by Gasteiger charge is 2.43. The quantitative estimate of drug-likeness (QED) is 0.0485. The molecule has 5 aromatic carbocycles. The second kappa shape index (κ2) is 38.1. The van der Waals surface area contributed by atoms with Crippen LogP contribution in [0.3, 0.4) is 0 Å². The summed E-state index contributed by atoms with van der Waals surface area (Å²) in [7, 11) is 3.03. The van der Waals surface area contributed by atoms with Gasteiger partial charge in [0.1, 0.15) is 72.6 Å². The third-order valence-corrected chi connectivity index (χ3v) is 22.7. The Hall–Kier alpha value is -8.17. The number of benzene rings is 5. The van der Waals surface area contributed by atoms with E-state index in [9.17, 15) is 35.0 Å². The average Bonchev–Trinajstić information content (AvgIpc) is 1.75. The fourth-order valence-electron chi connectivity index (χ4n) is 14.6. The van der Waals surface area contributed by atoms with Gasteiger partial charge in [0.2, 0.25) is 0 Å². The molecule has 111 heavy (non-hydrogen) atoms. The van der Waals surface area contributed by atoms with E-state index in [-0.39, 0.29) is 76.4 Å². The lowest BCUT2D eigenvalue weighted by Crippen LogP contribution is -2.31. The van der Waals surface area contributed by atoms with Crippen LogP contribution >= 0.6 is 22.7 Å². The molecule has 0 radical (unpaired) electrons. The van der Waals surface area contributed by atoms with Crippen molar-refractivity contribution in [3.8, 4) is 17.6 Å². The summed E-state index contributed by atoms with van der Waals surface area (Å²) >= 11 is 3.18. The number of thiazole rings is 1. The molecule has 18 atom stereocenters. The standard InChI is InChI=1S/C16H19NO3.C16H18O3.C13H17FO4.C13H15NO4.C13H15NO3S.C12H14N2O3S/c1-10-3-4-13-11(2)17(6-5-12(13)7-10)16-8-14(19)15(9-18)20-16;1-10-6-11-4-2-3-5-12(11)7-13(10)15-8-14(18)16(9-17)19-15;1-7-3-11(17-2)8(4-9(7)14)12-5-10(16)13(6-15)18-12;1-17-11-4-8(6-14)2-3-9(11)12-5-10(16)13(7-15)18-12;1-8-13-9(3-5-18-13)2-4-14(8)12-6-10(16)11(7-15)17-12;1-7-12-8(13-6-18-12)2-3-14(7)11-4-9(16)10(5-15)17-11/h3-7,14-16,18-19H,2,8-9H2,1H3;2-7,14-18H,8-9H2,1H3;3-4,10,12-13,15-16H,5-6H2,1-2H3;2-4,10,12-13,15-16H,5,7H2,1H3;2-5,10-12,15-16H,1,6-7H2;2-3,6,9-11,15-16H,1,4-5H2/t2*14?,15-,16-;2*10?,12-,13-;10?,11-,12-;9?,10-,11-/m111111/s1. The van der Waals surface area contributed by atoms with E-state index in [2.05, 4.69) is 87.1 Å². The van der Waals surface area contributed by atoms with Crippen LogP contribution in [0.5, 0.6) is 11.5 Å². The number of halogens is 1. The maximum atomic E-state index is 13.6. The Morgan fingerprint density at radius 3 is 1.45 bits per heavy atom. The van der Waals surface area contributed by atoms with Gasteiger partial charge in [-0.2, -0.15) is 5.26 Å². The van der Waals surface area contributed by atoms with Crippen molar-refractivity contribution in [2.75, 3.05) is 53.9 Å². The van der Waals surface area contributed by atoms with Gasteiger partial charge in [-0.3, -0.25) is 0 Å². The number of thiophene rings is 1. The molecule has 28 heteroatoms. The fraction of sp³-hybridized carbons (Fsp3) is 0.422. The molecule has 9 aliphatic rings. The van der Waals surface area contributed by atoms with E-state index in [1.807, 2.05) is 75.1 Å². The van der Waals surface area contributed by atoms with Crippen LogP contribution in [0.2, 0.25) is 0 Å². The summed E-state index contributed by atoms with van der Waals surface area (Å²) in [6, 6.07) is 30.9. The largest absolute Gasteiger partial charge is 0.496 e. The first-order chi connectivity index (χ1) is 53.4. The zero-order valence-corrected chi connectivity index (χ0v) is 64.0. The van der Waals surface area contributed by atoms with Crippen LogP contribution in [0.25, 0.3) is 46.1 Å². The first-order valence-electron chi connectivity index (χ1n) is 36.6. The Bertz CT molecular complexity index is 4420. The summed E-state index contributed by atoms with van der Waals surface area (Å²) in [4.78, 5) is 12.1. The average molecular weight is 1570 g/mol. The lowest BCUT2D eigenvalue weighted by molar-refractivity contribution is -0.0505. The van der Waals surface area contributed by atoms with E-state index in [0.29, 0.717) is 66.7 Å². The number of aryl methyl sites for hydroxylation is 3. The third-order valence-electron chi connectivity index (χ3n) is 20.8. The van der Waals surface area contributed by atoms with Crippen LogP contribution in [0.4, 0.5) is 4.39 Å². The number of hydrogen-bond acceptors (Lipinski definition) is 27. The van der Waals surface area contributed by atoms with Crippen molar-refractivity contribution < 1.29 is 104 Å². The van der Waals surface area contributed by atoms with Gasteiger partial charge in [-0.1, -0.05) is 79.9 Å².